The van der Waals surface area contributed by atoms with E-state index in [1.54, 1.807) is 21.3 Å². The first-order valence-electron chi connectivity index (χ1n) is 6.11. The highest BCUT2D eigenvalue weighted by atomic mass is 28.4. The first-order valence-corrected chi connectivity index (χ1v) is 8.04. The van der Waals surface area contributed by atoms with Crippen LogP contribution >= 0.6 is 0 Å². The zero-order chi connectivity index (χ0) is 12.8. The van der Waals surface area contributed by atoms with Crippen LogP contribution in [0.2, 0.25) is 6.04 Å². The summed E-state index contributed by atoms with van der Waals surface area (Å²) in [6.45, 7) is 9.07. The molecule has 0 aromatic carbocycles. The zero-order valence-electron chi connectivity index (χ0n) is 11.9. The van der Waals surface area contributed by atoms with E-state index in [1.165, 1.54) is 6.42 Å². The van der Waals surface area contributed by atoms with Crippen LogP contribution in [0.3, 0.4) is 0 Å². The molecule has 0 aliphatic carbocycles. The fraction of sp³-hybridized carbons (Fsp3) is 1.00. The molecule has 4 heteroatoms. The van der Waals surface area contributed by atoms with E-state index in [9.17, 15) is 0 Å². The lowest BCUT2D eigenvalue weighted by atomic mass is 9.83. The van der Waals surface area contributed by atoms with Crippen LogP contribution in [0.1, 0.15) is 34.1 Å². The molecule has 0 amide bonds. The van der Waals surface area contributed by atoms with Gasteiger partial charge in [-0.05, 0) is 17.8 Å². The molecule has 0 aromatic heterocycles. The molecule has 16 heavy (non-hydrogen) atoms. The average molecular weight is 248 g/mol. The van der Waals surface area contributed by atoms with Crippen LogP contribution in [0.4, 0.5) is 0 Å². The van der Waals surface area contributed by atoms with Crippen LogP contribution in [0.25, 0.3) is 0 Å². The second-order valence-corrected chi connectivity index (χ2v) is 7.79. The summed E-state index contributed by atoms with van der Waals surface area (Å²) in [5, 5.41) is 0. The Labute approximate surface area is 102 Å². The van der Waals surface area contributed by atoms with E-state index in [0.717, 1.165) is 6.04 Å². The summed E-state index contributed by atoms with van der Waals surface area (Å²) >= 11 is 0. The molecule has 0 N–H and O–H groups in total. The molecule has 0 radical (unpaired) electrons. The largest absolute Gasteiger partial charge is 0.500 e. The fourth-order valence-corrected chi connectivity index (χ4v) is 4.67. The van der Waals surface area contributed by atoms with Gasteiger partial charge in [-0.25, -0.2) is 0 Å². The monoisotopic (exact) mass is 248 g/mol. The first-order chi connectivity index (χ1) is 7.46. The van der Waals surface area contributed by atoms with Crippen LogP contribution < -0.4 is 0 Å². The number of rotatable bonds is 8. The summed E-state index contributed by atoms with van der Waals surface area (Å²) in [5.74, 6) is 1.96. The van der Waals surface area contributed by atoms with Gasteiger partial charge >= 0.3 is 8.80 Å². The summed E-state index contributed by atoms with van der Waals surface area (Å²) in [6, 6.07) is 0.896. The minimum atomic E-state index is -2.41. The minimum absolute atomic E-state index is 0.566. The van der Waals surface area contributed by atoms with E-state index >= 15 is 0 Å². The minimum Gasteiger partial charge on any atom is -0.377 e. The fourth-order valence-electron chi connectivity index (χ4n) is 2.58. The Morgan fingerprint density at radius 2 is 1.38 bits per heavy atom. The zero-order valence-corrected chi connectivity index (χ0v) is 12.9. The molecule has 0 saturated heterocycles. The maximum absolute atomic E-state index is 5.48. The summed E-state index contributed by atoms with van der Waals surface area (Å²) in [6.07, 6.45) is 1.19. The average Bonchev–Trinajstić information content (AvgIpc) is 2.26. The van der Waals surface area contributed by atoms with E-state index in [4.69, 9.17) is 13.3 Å². The van der Waals surface area contributed by atoms with Gasteiger partial charge in [0, 0.05) is 27.4 Å². The van der Waals surface area contributed by atoms with Crippen molar-refractivity contribution in [3.05, 3.63) is 0 Å². The molecule has 0 rings (SSSR count). The quantitative estimate of drug-likeness (QED) is 0.617. The third-order valence-electron chi connectivity index (χ3n) is 3.56. The molecule has 2 atom stereocenters. The molecule has 0 saturated carbocycles. The van der Waals surface area contributed by atoms with Crippen LogP contribution in [-0.4, -0.2) is 30.1 Å². The smallest absolute Gasteiger partial charge is 0.377 e. The first kappa shape index (κ1) is 16.1. The van der Waals surface area contributed by atoms with Gasteiger partial charge < -0.3 is 13.3 Å². The summed E-state index contributed by atoms with van der Waals surface area (Å²) in [7, 11) is 2.64. The molecule has 0 heterocycles. The third kappa shape index (κ3) is 4.16. The molecule has 0 spiro atoms. The van der Waals surface area contributed by atoms with Crippen LogP contribution in [-0.2, 0) is 13.3 Å². The highest BCUT2D eigenvalue weighted by Crippen LogP contribution is 2.31. The van der Waals surface area contributed by atoms with Crippen molar-refractivity contribution in [1.29, 1.82) is 0 Å². The van der Waals surface area contributed by atoms with Crippen molar-refractivity contribution in [3.8, 4) is 0 Å². The molecule has 2 unspecified atom stereocenters. The molecule has 3 nitrogen and oxygen atoms in total. The van der Waals surface area contributed by atoms with E-state index in [0.29, 0.717) is 17.8 Å². The van der Waals surface area contributed by atoms with Crippen LogP contribution in [0.5, 0.6) is 0 Å². The normalized spacial score (nSPS) is 16.5. The van der Waals surface area contributed by atoms with Gasteiger partial charge in [0.05, 0.1) is 0 Å². The Morgan fingerprint density at radius 3 is 1.62 bits per heavy atom. The number of hydrogen-bond donors (Lipinski definition) is 0. The summed E-state index contributed by atoms with van der Waals surface area (Å²) in [4.78, 5) is 0. The van der Waals surface area contributed by atoms with Crippen molar-refractivity contribution >= 4 is 8.80 Å². The van der Waals surface area contributed by atoms with E-state index in [2.05, 4.69) is 27.7 Å². The van der Waals surface area contributed by atoms with Crippen molar-refractivity contribution in [2.24, 2.45) is 17.8 Å². The third-order valence-corrected chi connectivity index (χ3v) is 6.57. The van der Waals surface area contributed by atoms with Crippen LogP contribution in [0.15, 0.2) is 0 Å². The molecule has 0 aromatic rings. The van der Waals surface area contributed by atoms with Crippen LogP contribution in [0, 0.1) is 17.8 Å². The Balaban J connectivity index is 4.55. The van der Waals surface area contributed by atoms with Gasteiger partial charge in [-0.3, -0.25) is 0 Å². The highest BCUT2D eigenvalue weighted by Gasteiger charge is 2.41. The predicted molar refractivity (Wildman–Crippen MR) is 69.4 cm³/mol. The van der Waals surface area contributed by atoms with Gasteiger partial charge in [0.1, 0.15) is 0 Å². The van der Waals surface area contributed by atoms with Gasteiger partial charge in [-0.15, -0.1) is 0 Å². The van der Waals surface area contributed by atoms with Gasteiger partial charge in [-0.1, -0.05) is 34.1 Å². The maximum Gasteiger partial charge on any atom is 0.500 e. The second-order valence-electron chi connectivity index (χ2n) is 4.79. The molecule has 0 aliphatic heterocycles. The summed E-state index contributed by atoms with van der Waals surface area (Å²) < 4.78 is 16.4. The van der Waals surface area contributed by atoms with Crippen molar-refractivity contribution in [2.75, 3.05) is 21.3 Å². The Morgan fingerprint density at radius 1 is 0.938 bits per heavy atom. The van der Waals surface area contributed by atoms with Gasteiger partial charge in [0.2, 0.25) is 0 Å². The standard InChI is InChI=1S/C12H28O3Si/c1-8-12(10(2)3)11(4)9-16(13-5,14-6)15-7/h10-12H,8-9H2,1-7H3. The molecule has 0 fully saturated rings. The van der Waals surface area contributed by atoms with E-state index in [1.807, 2.05) is 0 Å². The van der Waals surface area contributed by atoms with E-state index < -0.39 is 8.80 Å². The van der Waals surface area contributed by atoms with Crippen molar-refractivity contribution in [1.82, 2.24) is 0 Å². The predicted octanol–water partition coefficient (Wildman–Crippen LogP) is 3.18. The Hall–Kier alpha value is 0.0969. The van der Waals surface area contributed by atoms with Crippen molar-refractivity contribution in [2.45, 2.75) is 40.2 Å². The molecule has 98 valence electrons. The SMILES string of the molecule is CCC(C(C)C)C(C)C[Si](OC)(OC)OC. The topological polar surface area (TPSA) is 27.7 Å². The summed E-state index contributed by atoms with van der Waals surface area (Å²) in [5.41, 5.74) is 0. The molecular formula is C12H28O3Si. The van der Waals surface area contributed by atoms with Gasteiger partial charge in [0.15, 0.2) is 0 Å². The Kier molecular flexibility index (Phi) is 7.47. The van der Waals surface area contributed by atoms with E-state index in [-0.39, 0.29) is 0 Å². The molecular weight excluding hydrogens is 220 g/mol. The Bertz CT molecular complexity index is 173. The van der Waals surface area contributed by atoms with Gasteiger partial charge in [-0.2, -0.15) is 0 Å². The van der Waals surface area contributed by atoms with Crippen molar-refractivity contribution in [3.63, 3.8) is 0 Å². The molecule has 0 aliphatic rings. The molecule has 0 bridgehead atoms. The van der Waals surface area contributed by atoms with Crippen molar-refractivity contribution < 1.29 is 13.3 Å². The lowest BCUT2D eigenvalue weighted by molar-refractivity contribution is 0.111. The number of hydrogen-bond acceptors (Lipinski definition) is 3. The highest BCUT2D eigenvalue weighted by molar-refractivity contribution is 6.60. The second kappa shape index (κ2) is 7.43. The van der Waals surface area contributed by atoms with Gasteiger partial charge in [0.25, 0.3) is 0 Å². The lowest BCUT2D eigenvalue weighted by Gasteiger charge is -2.32. The lowest BCUT2D eigenvalue weighted by Crippen LogP contribution is -2.45. The maximum atomic E-state index is 5.48.